The standard InChI is InChI=1S/C9H9BrFN3O/c10-8-6-7(11)2-3-9(8)15-5-1-4-13-14-12/h2-3,6H,1,4-5H2. The van der Waals surface area contributed by atoms with Crippen LogP contribution in [0.25, 0.3) is 10.4 Å². The van der Waals surface area contributed by atoms with Crippen LogP contribution in [0.3, 0.4) is 0 Å². The SMILES string of the molecule is [N-]=[N+]=NCCCOc1ccc(F)cc1Br. The van der Waals surface area contributed by atoms with Crippen molar-refractivity contribution in [1.29, 1.82) is 0 Å². The van der Waals surface area contributed by atoms with E-state index in [-0.39, 0.29) is 5.82 Å². The fourth-order valence-electron chi connectivity index (χ4n) is 0.954. The Labute approximate surface area is 94.8 Å². The summed E-state index contributed by atoms with van der Waals surface area (Å²) in [5.74, 6) is 0.264. The Hall–Kier alpha value is -1.26. The predicted octanol–water partition coefficient (Wildman–Crippen LogP) is 3.67. The zero-order valence-electron chi connectivity index (χ0n) is 7.86. The molecule has 80 valence electrons. The highest BCUT2D eigenvalue weighted by Gasteiger charge is 2.01. The highest BCUT2D eigenvalue weighted by molar-refractivity contribution is 9.10. The molecule has 0 amide bonds. The van der Waals surface area contributed by atoms with Gasteiger partial charge >= 0.3 is 0 Å². The molecule has 0 saturated heterocycles. The van der Waals surface area contributed by atoms with Crippen LogP contribution < -0.4 is 4.74 Å². The summed E-state index contributed by atoms with van der Waals surface area (Å²) in [4.78, 5) is 2.62. The van der Waals surface area contributed by atoms with Gasteiger partial charge in [0.15, 0.2) is 0 Å². The van der Waals surface area contributed by atoms with Crippen molar-refractivity contribution in [2.45, 2.75) is 6.42 Å². The zero-order chi connectivity index (χ0) is 11.1. The van der Waals surface area contributed by atoms with E-state index >= 15 is 0 Å². The maximum absolute atomic E-state index is 12.7. The minimum atomic E-state index is -0.316. The van der Waals surface area contributed by atoms with Crippen molar-refractivity contribution in [3.05, 3.63) is 38.9 Å². The summed E-state index contributed by atoms with van der Waals surface area (Å²) in [5.41, 5.74) is 8.03. The number of nitrogens with zero attached hydrogens (tertiary/aromatic N) is 3. The molecule has 0 radical (unpaired) electrons. The molecule has 0 aromatic heterocycles. The lowest BCUT2D eigenvalue weighted by molar-refractivity contribution is 0.311. The second kappa shape index (κ2) is 6.27. The average molecular weight is 274 g/mol. The summed E-state index contributed by atoms with van der Waals surface area (Å²) in [6.45, 7) is 0.832. The molecular formula is C9H9BrFN3O. The Kier molecular flexibility index (Phi) is 4.93. The summed E-state index contributed by atoms with van der Waals surface area (Å²) in [5, 5.41) is 3.37. The summed E-state index contributed by atoms with van der Waals surface area (Å²) in [7, 11) is 0. The van der Waals surface area contributed by atoms with Crippen molar-refractivity contribution in [1.82, 2.24) is 0 Å². The highest BCUT2D eigenvalue weighted by atomic mass is 79.9. The molecule has 0 saturated carbocycles. The van der Waals surface area contributed by atoms with E-state index in [0.29, 0.717) is 29.8 Å². The molecule has 0 bridgehead atoms. The Balaban J connectivity index is 2.40. The number of azide groups is 1. The van der Waals surface area contributed by atoms with Gasteiger partial charge in [0.25, 0.3) is 0 Å². The van der Waals surface area contributed by atoms with Gasteiger partial charge < -0.3 is 4.74 Å². The normalized spacial score (nSPS) is 9.47. The van der Waals surface area contributed by atoms with E-state index in [0.717, 1.165) is 0 Å². The van der Waals surface area contributed by atoms with E-state index in [1.807, 2.05) is 0 Å². The van der Waals surface area contributed by atoms with Gasteiger partial charge in [0.05, 0.1) is 11.1 Å². The van der Waals surface area contributed by atoms with E-state index in [2.05, 4.69) is 26.0 Å². The molecule has 0 heterocycles. The minimum absolute atomic E-state index is 0.316. The smallest absolute Gasteiger partial charge is 0.133 e. The number of hydrogen-bond donors (Lipinski definition) is 0. The number of hydrogen-bond acceptors (Lipinski definition) is 2. The van der Waals surface area contributed by atoms with Crippen LogP contribution in [0.15, 0.2) is 27.8 Å². The average Bonchev–Trinajstić information content (AvgIpc) is 2.20. The second-order valence-electron chi connectivity index (χ2n) is 2.73. The molecule has 1 aromatic rings. The lowest BCUT2D eigenvalue weighted by Gasteiger charge is -2.06. The first-order chi connectivity index (χ1) is 7.24. The van der Waals surface area contributed by atoms with E-state index in [1.54, 1.807) is 6.07 Å². The second-order valence-corrected chi connectivity index (χ2v) is 3.59. The van der Waals surface area contributed by atoms with Crippen LogP contribution in [0.5, 0.6) is 5.75 Å². The molecule has 0 aliphatic rings. The molecular weight excluding hydrogens is 265 g/mol. The molecule has 0 aliphatic heterocycles. The van der Waals surface area contributed by atoms with E-state index in [9.17, 15) is 4.39 Å². The Morgan fingerprint density at radius 3 is 3.00 bits per heavy atom. The molecule has 0 N–H and O–H groups in total. The van der Waals surface area contributed by atoms with Crippen LogP contribution in [0, 0.1) is 5.82 Å². The van der Waals surface area contributed by atoms with Crippen molar-refractivity contribution in [3.8, 4) is 5.75 Å². The number of rotatable bonds is 5. The Morgan fingerprint density at radius 1 is 1.53 bits per heavy atom. The lowest BCUT2D eigenvalue weighted by atomic mass is 10.3. The van der Waals surface area contributed by atoms with Crippen molar-refractivity contribution >= 4 is 15.9 Å². The van der Waals surface area contributed by atoms with Crippen molar-refractivity contribution in [2.75, 3.05) is 13.2 Å². The summed E-state index contributed by atoms with van der Waals surface area (Å²) < 4.78 is 18.6. The van der Waals surface area contributed by atoms with Gasteiger partial charge in [-0.25, -0.2) is 4.39 Å². The van der Waals surface area contributed by atoms with Gasteiger partial charge in [0.1, 0.15) is 11.6 Å². The maximum atomic E-state index is 12.7. The Morgan fingerprint density at radius 2 is 2.33 bits per heavy atom. The third-order valence-corrected chi connectivity index (χ3v) is 2.24. The molecule has 0 unspecified atom stereocenters. The third-order valence-electron chi connectivity index (χ3n) is 1.62. The first kappa shape index (κ1) is 11.8. The summed E-state index contributed by atoms with van der Waals surface area (Å²) >= 11 is 3.18. The van der Waals surface area contributed by atoms with Gasteiger partial charge in [0.2, 0.25) is 0 Å². The first-order valence-corrected chi connectivity index (χ1v) is 5.12. The monoisotopic (exact) mass is 273 g/mol. The highest BCUT2D eigenvalue weighted by Crippen LogP contribution is 2.25. The molecule has 1 aromatic carbocycles. The van der Waals surface area contributed by atoms with Crippen LogP contribution in [-0.2, 0) is 0 Å². The maximum Gasteiger partial charge on any atom is 0.133 e. The number of benzene rings is 1. The Bertz CT molecular complexity index is 380. The fourth-order valence-corrected chi connectivity index (χ4v) is 1.42. The van der Waals surface area contributed by atoms with E-state index in [1.165, 1.54) is 12.1 Å². The van der Waals surface area contributed by atoms with Crippen molar-refractivity contribution < 1.29 is 9.13 Å². The van der Waals surface area contributed by atoms with Gasteiger partial charge in [0, 0.05) is 11.5 Å². The summed E-state index contributed by atoms with van der Waals surface area (Å²) in [6, 6.07) is 4.21. The largest absolute Gasteiger partial charge is 0.492 e. The van der Waals surface area contributed by atoms with Gasteiger partial charge in [-0.15, -0.1) is 0 Å². The van der Waals surface area contributed by atoms with Crippen LogP contribution in [0.1, 0.15) is 6.42 Å². The molecule has 0 aliphatic carbocycles. The predicted molar refractivity (Wildman–Crippen MR) is 58.2 cm³/mol. The van der Waals surface area contributed by atoms with Gasteiger partial charge in [-0.05, 0) is 46.1 Å². The zero-order valence-corrected chi connectivity index (χ0v) is 9.45. The fraction of sp³-hybridized carbons (Fsp3) is 0.333. The molecule has 15 heavy (non-hydrogen) atoms. The molecule has 4 nitrogen and oxygen atoms in total. The molecule has 6 heteroatoms. The molecule has 0 fully saturated rings. The van der Waals surface area contributed by atoms with Gasteiger partial charge in [-0.1, -0.05) is 5.11 Å². The number of ether oxygens (including phenoxy) is 1. The number of halogens is 2. The van der Waals surface area contributed by atoms with Crippen molar-refractivity contribution in [3.63, 3.8) is 0 Å². The van der Waals surface area contributed by atoms with Crippen LogP contribution in [-0.4, -0.2) is 13.2 Å². The topological polar surface area (TPSA) is 58.0 Å². The van der Waals surface area contributed by atoms with Crippen LogP contribution in [0.4, 0.5) is 4.39 Å². The van der Waals surface area contributed by atoms with E-state index in [4.69, 9.17) is 10.3 Å². The van der Waals surface area contributed by atoms with Crippen molar-refractivity contribution in [2.24, 2.45) is 5.11 Å². The minimum Gasteiger partial charge on any atom is -0.492 e. The molecule has 1 rings (SSSR count). The summed E-state index contributed by atoms with van der Waals surface area (Å²) in [6.07, 6.45) is 0.633. The molecule has 0 spiro atoms. The van der Waals surface area contributed by atoms with Crippen LogP contribution >= 0.6 is 15.9 Å². The molecule has 0 atom stereocenters. The van der Waals surface area contributed by atoms with Crippen LogP contribution in [0.2, 0.25) is 0 Å². The third kappa shape index (κ3) is 4.18. The van der Waals surface area contributed by atoms with E-state index < -0.39 is 0 Å². The first-order valence-electron chi connectivity index (χ1n) is 4.33. The van der Waals surface area contributed by atoms with Gasteiger partial charge in [-0.3, -0.25) is 0 Å². The lowest BCUT2D eigenvalue weighted by Crippen LogP contribution is -1.99. The quantitative estimate of drug-likeness (QED) is 0.350. The van der Waals surface area contributed by atoms with Gasteiger partial charge in [-0.2, -0.15) is 0 Å².